The number of fused-ring (bicyclic) bond motifs is 1. The monoisotopic (exact) mass is 436 g/mol. The molecule has 3 heterocycles. The number of carbonyl (C=O) groups is 1. The van der Waals surface area contributed by atoms with Gasteiger partial charge in [-0.05, 0) is 18.6 Å². The highest BCUT2D eigenvalue weighted by molar-refractivity contribution is 6.36. The lowest BCUT2D eigenvalue weighted by Gasteiger charge is -2.15. The van der Waals surface area contributed by atoms with Gasteiger partial charge in [0.05, 0.1) is 6.20 Å². The summed E-state index contributed by atoms with van der Waals surface area (Å²) in [6.45, 7) is 8.03. The molecule has 0 saturated carbocycles. The molecule has 10 heteroatoms. The Balaban J connectivity index is 1.68. The zero-order chi connectivity index (χ0) is 22.3. The lowest BCUT2D eigenvalue weighted by Crippen LogP contribution is -2.16. The number of rotatable bonds is 3. The number of hydrogen-bond donors (Lipinski definition) is 3. The maximum atomic E-state index is 12.7. The number of benzene rings is 1. The van der Waals surface area contributed by atoms with Gasteiger partial charge < -0.3 is 16.0 Å². The van der Waals surface area contributed by atoms with Crippen molar-refractivity contribution in [3.63, 3.8) is 0 Å². The molecule has 4 aromatic rings. The van der Waals surface area contributed by atoms with E-state index in [1.165, 1.54) is 6.33 Å². The molecule has 0 spiro atoms. The first-order chi connectivity index (χ1) is 14.6. The van der Waals surface area contributed by atoms with Crippen molar-refractivity contribution < 1.29 is 4.79 Å². The van der Waals surface area contributed by atoms with E-state index >= 15 is 0 Å². The van der Waals surface area contributed by atoms with E-state index in [-0.39, 0.29) is 21.9 Å². The van der Waals surface area contributed by atoms with Gasteiger partial charge in [0.25, 0.3) is 5.91 Å². The van der Waals surface area contributed by atoms with Crippen LogP contribution in [0.25, 0.3) is 22.6 Å². The molecular weight excluding hydrogens is 416 g/mol. The van der Waals surface area contributed by atoms with Crippen molar-refractivity contribution in [1.29, 1.82) is 0 Å². The maximum absolute atomic E-state index is 12.7. The van der Waals surface area contributed by atoms with Gasteiger partial charge in [0, 0.05) is 16.7 Å². The highest BCUT2D eigenvalue weighted by Gasteiger charge is 2.20. The van der Waals surface area contributed by atoms with Gasteiger partial charge in [0.15, 0.2) is 11.3 Å². The Labute approximate surface area is 183 Å². The normalized spacial score (nSPS) is 11.6. The molecule has 3 aromatic heterocycles. The Bertz CT molecular complexity index is 1310. The first kappa shape index (κ1) is 20.7. The van der Waals surface area contributed by atoms with Crippen molar-refractivity contribution in [1.82, 2.24) is 29.9 Å². The number of anilines is 2. The number of amides is 1. The summed E-state index contributed by atoms with van der Waals surface area (Å²) in [5, 5.41) is 2.84. The topological polar surface area (TPSA) is 135 Å². The van der Waals surface area contributed by atoms with Crippen molar-refractivity contribution in [3.8, 4) is 11.4 Å². The minimum Gasteiger partial charge on any atom is -0.382 e. The van der Waals surface area contributed by atoms with Gasteiger partial charge in [-0.2, -0.15) is 0 Å². The zero-order valence-corrected chi connectivity index (χ0v) is 18.2. The number of nitrogen functional groups attached to an aromatic ring is 1. The number of nitrogens with two attached hydrogens (primary N) is 1. The van der Waals surface area contributed by atoms with Crippen molar-refractivity contribution in [2.24, 2.45) is 0 Å². The zero-order valence-electron chi connectivity index (χ0n) is 17.5. The summed E-state index contributed by atoms with van der Waals surface area (Å²) in [4.78, 5) is 37.2. The number of H-pyrrole nitrogens is 1. The average Bonchev–Trinajstić information content (AvgIpc) is 3.14. The number of halogens is 1. The van der Waals surface area contributed by atoms with E-state index in [1.807, 2.05) is 45.9 Å². The van der Waals surface area contributed by atoms with E-state index in [0.717, 1.165) is 22.5 Å². The summed E-state index contributed by atoms with van der Waals surface area (Å²) < 4.78 is 0. The molecular formula is C21H21ClN8O. The second-order valence-corrected chi connectivity index (χ2v) is 8.55. The van der Waals surface area contributed by atoms with Crippen molar-refractivity contribution >= 4 is 40.2 Å². The van der Waals surface area contributed by atoms with Crippen LogP contribution >= 0.6 is 11.6 Å². The van der Waals surface area contributed by atoms with Crippen LogP contribution < -0.4 is 11.1 Å². The van der Waals surface area contributed by atoms with E-state index in [1.54, 1.807) is 6.20 Å². The molecule has 4 N–H and O–H groups in total. The minimum atomic E-state index is -0.482. The summed E-state index contributed by atoms with van der Waals surface area (Å²) in [5.41, 5.74) is 9.06. The molecule has 0 radical (unpaired) electrons. The van der Waals surface area contributed by atoms with E-state index in [0.29, 0.717) is 17.2 Å². The third-order valence-electron chi connectivity index (χ3n) is 4.70. The molecule has 0 unspecified atom stereocenters. The predicted molar refractivity (Wildman–Crippen MR) is 120 cm³/mol. The number of imidazole rings is 1. The van der Waals surface area contributed by atoms with Crippen LogP contribution in [-0.4, -0.2) is 35.8 Å². The summed E-state index contributed by atoms with van der Waals surface area (Å²) >= 11 is 6.07. The molecule has 158 valence electrons. The molecule has 0 aliphatic heterocycles. The second kappa shape index (κ2) is 7.59. The SMILES string of the molecule is Cc1ccc(-c2nc3nc(C(C)(C)C)ncc3[nH]2)cc1NC(=O)c1ncnc(N)c1Cl. The summed E-state index contributed by atoms with van der Waals surface area (Å²) in [7, 11) is 0. The Morgan fingerprint density at radius 3 is 2.68 bits per heavy atom. The fourth-order valence-corrected chi connectivity index (χ4v) is 3.12. The average molecular weight is 437 g/mol. The number of carbonyl (C=O) groups excluding carboxylic acids is 1. The van der Waals surface area contributed by atoms with E-state index in [4.69, 9.17) is 17.3 Å². The van der Waals surface area contributed by atoms with Gasteiger partial charge >= 0.3 is 0 Å². The smallest absolute Gasteiger partial charge is 0.276 e. The number of aryl methyl sites for hydroxylation is 1. The van der Waals surface area contributed by atoms with Crippen LogP contribution in [-0.2, 0) is 5.41 Å². The van der Waals surface area contributed by atoms with Crippen molar-refractivity contribution in [3.05, 3.63) is 52.8 Å². The van der Waals surface area contributed by atoms with Crippen LogP contribution in [0.15, 0.2) is 30.7 Å². The van der Waals surface area contributed by atoms with E-state index in [2.05, 4.69) is 35.2 Å². The Hall–Kier alpha value is -3.59. The van der Waals surface area contributed by atoms with Gasteiger partial charge in [0.2, 0.25) is 0 Å². The fraction of sp³-hybridized carbons (Fsp3) is 0.238. The summed E-state index contributed by atoms with van der Waals surface area (Å²) in [6, 6.07) is 5.62. The Kier molecular flexibility index (Phi) is 5.06. The van der Waals surface area contributed by atoms with Gasteiger partial charge in [-0.25, -0.2) is 24.9 Å². The number of nitrogens with zero attached hydrogens (tertiary/aromatic N) is 5. The second-order valence-electron chi connectivity index (χ2n) is 8.17. The lowest BCUT2D eigenvalue weighted by atomic mass is 9.96. The van der Waals surface area contributed by atoms with Crippen LogP contribution in [0.2, 0.25) is 5.02 Å². The van der Waals surface area contributed by atoms with Crippen LogP contribution in [0.3, 0.4) is 0 Å². The molecule has 0 aliphatic rings. The predicted octanol–water partition coefficient (Wildman–Crippen LogP) is 3.90. The van der Waals surface area contributed by atoms with Gasteiger partial charge in [-0.15, -0.1) is 0 Å². The molecule has 0 saturated heterocycles. The molecule has 4 rings (SSSR count). The number of hydrogen-bond acceptors (Lipinski definition) is 7. The van der Waals surface area contributed by atoms with Gasteiger partial charge in [-0.1, -0.05) is 44.5 Å². The first-order valence-corrected chi connectivity index (χ1v) is 9.93. The molecule has 31 heavy (non-hydrogen) atoms. The highest BCUT2D eigenvalue weighted by Crippen LogP contribution is 2.27. The Morgan fingerprint density at radius 2 is 1.94 bits per heavy atom. The molecule has 0 fully saturated rings. The summed E-state index contributed by atoms with van der Waals surface area (Å²) in [6.07, 6.45) is 2.93. The molecule has 9 nitrogen and oxygen atoms in total. The van der Waals surface area contributed by atoms with E-state index < -0.39 is 5.91 Å². The Morgan fingerprint density at radius 1 is 1.16 bits per heavy atom. The minimum absolute atomic E-state index is 0.00712. The first-order valence-electron chi connectivity index (χ1n) is 9.55. The van der Waals surface area contributed by atoms with Gasteiger partial charge in [-0.3, -0.25) is 4.79 Å². The number of nitrogens with one attached hydrogen (secondary N) is 2. The van der Waals surface area contributed by atoms with Crippen molar-refractivity contribution in [2.75, 3.05) is 11.1 Å². The molecule has 1 aromatic carbocycles. The summed E-state index contributed by atoms with van der Waals surface area (Å²) in [5.74, 6) is 0.904. The van der Waals surface area contributed by atoms with E-state index in [9.17, 15) is 4.79 Å². The molecule has 0 aliphatic carbocycles. The molecule has 0 atom stereocenters. The van der Waals surface area contributed by atoms with Crippen LogP contribution in [0.1, 0.15) is 42.6 Å². The van der Waals surface area contributed by atoms with Crippen LogP contribution in [0.5, 0.6) is 0 Å². The van der Waals surface area contributed by atoms with Crippen LogP contribution in [0.4, 0.5) is 11.5 Å². The number of aromatic amines is 1. The van der Waals surface area contributed by atoms with Crippen LogP contribution in [0, 0.1) is 6.92 Å². The largest absolute Gasteiger partial charge is 0.382 e. The fourth-order valence-electron chi connectivity index (χ4n) is 2.93. The third-order valence-corrected chi connectivity index (χ3v) is 5.07. The van der Waals surface area contributed by atoms with Gasteiger partial charge in [0.1, 0.15) is 34.3 Å². The quantitative estimate of drug-likeness (QED) is 0.443. The maximum Gasteiger partial charge on any atom is 0.276 e. The third kappa shape index (κ3) is 4.04. The molecule has 1 amide bonds. The molecule has 0 bridgehead atoms. The standard InChI is InChI=1S/C21H21ClN8O/c1-10-5-6-11(7-12(10)28-19(31)15-14(22)16(23)26-9-25-15)17-27-13-8-24-20(21(2,3)4)30-18(13)29-17/h5-9H,1-4H3,(H,28,31)(H2,23,25,26)(H,24,27,29,30). The number of aromatic nitrogens is 6. The van der Waals surface area contributed by atoms with Crippen molar-refractivity contribution in [2.45, 2.75) is 33.1 Å². The lowest BCUT2D eigenvalue weighted by molar-refractivity contribution is 0.102. The highest BCUT2D eigenvalue weighted by atomic mass is 35.5.